The van der Waals surface area contributed by atoms with Crippen molar-refractivity contribution in [2.24, 2.45) is 0 Å². The second-order valence-corrected chi connectivity index (χ2v) is 12.3. The molecule has 3 aromatic carbocycles. The first kappa shape index (κ1) is 31.3. The molecule has 0 aliphatic rings. The molecule has 0 saturated heterocycles. The van der Waals surface area contributed by atoms with E-state index in [1.54, 1.807) is 42.5 Å². The van der Waals surface area contributed by atoms with Crippen molar-refractivity contribution in [2.45, 2.75) is 38.9 Å². The Morgan fingerprint density at radius 3 is 2.17 bits per heavy atom. The maximum atomic E-state index is 14.1. The van der Waals surface area contributed by atoms with E-state index in [1.807, 2.05) is 44.2 Å². The average Bonchev–Trinajstić information content (AvgIpc) is 2.90. The van der Waals surface area contributed by atoms with Crippen molar-refractivity contribution >= 4 is 50.7 Å². The second kappa shape index (κ2) is 13.9. The highest BCUT2D eigenvalue weighted by Crippen LogP contribution is 2.30. The summed E-state index contributed by atoms with van der Waals surface area (Å²) in [5.41, 5.74) is 1.67. The maximum Gasteiger partial charge on any atom is 0.244 e. The third kappa shape index (κ3) is 8.36. The minimum atomic E-state index is -3.92. The minimum absolute atomic E-state index is 0.0116. The maximum absolute atomic E-state index is 14.1. The summed E-state index contributed by atoms with van der Waals surface area (Å²) in [7, 11) is -2.50. The second-order valence-electron chi connectivity index (χ2n) is 9.58. The van der Waals surface area contributed by atoms with E-state index in [4.69, 9.17) is 27.9 Å². The lowest BCUT2D eigenvalue weighted by Gasteiger charge is -2.34. The Morgan fingerprint density at radius 2 is 1.57 bits per heavy atom. The number of sulfonamides is 1. The molecule has 3 aromatic rings. The number of hydrogen-bond donors (Lipinski definition) is 1. The first-order valence-electron chi connectivity index (χ1n) is 12.6. The Kier molecular flexibility index (Phi) is 10.8. The van der Waals surface area contributed by atoms with Crippen molar-refractivity contribution in [3.8, 4) is 5.75 Å². The molecule has 40 heavy (non-hydrogen) atoms. The highest BCUT2D eigenvalue weighted by atomic mass is 35.5. The molecule has 0 fully saturated rings. The molecule has 0 aliphatic heterocycles. The Labute approximate surface area is 245 Å². The molecule has 214 valence electrons. The van der Waals surface area contributed by atoms with Crippen LogP contribution in [0.5, 0.6) is 5.75 Å². The van der Waals surface area contributed by atoms with Crippen LogP contribution in [0.3, 0.4) is 0 Å². The molecule has 0 aliphatic carbocycles. The smallest absolute Gasteiger partial charge is 0.244 e. The van der Waals surface area contributed by atoms with Gasteiger partial charge in [-0.15, -0.1) is 0 Å². The number of carbonyl (C=O) groups excluding carboxylic acids is 2. The normalized spacial score (nSPS) is 12.1. The average molecular weight is 607 g/mol. The summed E-state index contributed by atoms with van der Waals surface area (Å²) in [5, 5.41) is 3.55. The van der Waals surface area contributed by atoms with Gasteiger partial charge in [-0.25, -0.2) is 8.42 Å². The van der Waals surface area contributed by atoms with E-state index in [-0.39, 0.29) is 36.4 Å². The van der Waals surface area contributed by atoms with Crippen molar-refractivity contribution in [1.29, 1.82) is 0 Å². The van der Waals surface area contributed by atoms with Crippen molar-refractivity contribution < 1.29 is 22.7 Å². The SMILES string of the molecule is COc1ccccc1N(CC(=O)N(Cc1ccc(Cl)c(Cl)c1)[C@@H](Cc1ccccc1)C(=O)NC(C)C)S(C)(=O)=O. The zero-order valence-electron chi connectivity index (χ0n) is 22.8. The highest BCUT2D eigenvalue weighted by Gasteiger charge is 2.34. The van der Waals surface area contributed by atoms with Crippen LogP contribution in [-0.2, 0) is 32.6 Å². The number of hydrogen-bond acceptors (Lipinski definition) is 5. The quantitative estimate of drug-likeness (QED) is 0.316. The van der Waals surface area contributed by atoms with Gasteiger partial charge < -0.3 is 15.0 Å². The summed E-state index contributed by atoms with van der Waals surface area (Å²) in [6, 6.07) is 19.6. The van der Waals surface area contributed by atoms with Crippen LogP contribution in [0.1, 0.15) is 25.0 Å². The number of benzene rings is 3. The lowest BCUT2D eigenvalue weighted by Crippen LogP contribution is -2.54. The van der Waals surface area contributed by atoms with Gasteiger partial charge in [0.05, 0.1) is 29.1 Å². The number of methoxy groups -OCH3 is 1. The van der Waals surface area contributed by atoms with E-state index in [2.05, 4.69) is 5.32 Å². The zero-order valence-corrected chi connectivity index (χ0v) is 25.1. The summed E-state index contributed by atoms with van der Waals surface area (Å²) in [4.78, 5) is 29.0. The van der Waals surface area contributed by atoms with Gasteiger partial charge in [-0.1, -0.05) is 71.7 Å². The van der Waals surface area contributed by atoms with Gasteiger partial charge in [0.2, 0.25) is 21.8 Å². The van der Waals surface area contributed by atoms with Gasteiger partial charge in [-0.05, 0) is 49.2 Å². The number of ether oxygens (including phenoxy) is 1. The van der Waals surface area contributed by atoms with Crippen LogP contribution < -0.4 is 14.4 Å². The van der Waals surface area contributed by atoms with Crippen molar-refractivity contribution in [2.75, 3.05) is 24.2 Å². The first-order valence-corrected chi connectivity index (χ1v) is 15.2. The minimum Gasteiger partial charge on any atom is -0.495 e. The summed E-state index contributed by atoms with van der Waals surface area (Å²) >= 11 is 12.4. The van der Waals surface area contributed by atoms with E-state index < -0.39 is 28.5 Å². The molecule has 3 rings (SSSR count). The standard InChI is InChI=1S/C29H33Cl2N3O5S/c1-20(2)32-29(36)26(17-21-10-6-5-7-11-21)33(18-22-14-15-23(30)24(31)16-22)28(35)19-34(40(4,37)38)25-12-8-9-13-27(25)39-3/h5-16,20,26H,17-19H2,1-4H3,(H,32,36)/t26-/m0/s1. The van der Waals surface area contributed by atoms with Crippen LogP contribution in [0.25, 0.3) is 0 Å². The summed E-state index contributed by atoms with van der Waals surface area (Å²) in [6.45, 7) is 3.09. The van der Waals surface area contributed by atoms with Gasteiger partial charge in [-0.2, -0.15) is 0 Å². The van der Waals surface area contributed by atoms with Crippen LogP contribution in [0.2, 0.25) is 10.0 Å². The van der Waals surface area contributed by atoms with Crippen molar-refractivity contribution in [3.05, 3.63) is 94.0 Å². The number of carbonyl (C=O) groups is 2. The van der Waals surface area contributed by atoms with Crippen LogP contribution in [0.15, 0.2) is 72.8 Å². The van der Waals surface area contributed by atoms with Gasteiger partial charge in [0.25, 0.3) is 0 Å². The lowest BCUT2D eigenvalue weighted by molar-refractivity contribution is -0.140. The molecule has 0 saturated carbocycles. The van der Waals surface area contributed by atoms with E-state index in [0.717, 1.165) is 16.1 Å². The molecule has 0 aromatic heterocycles. The van der Waals surface area contributed by atoms with E-state index in [9.17, 15) is 18.0 Å². The number of amides is 2. The summed E-state index contributed by atoms with van der Waals surface area (Å²) < 4.78 is 32.2. The lowest BCUT2D eigenvalue weighted by atomic mass is 10.0. The first-order chi connectivity index (χ1) is 18.9. The highest BCUT2D eigenvalue weighted by molar-refractivity contribution is 7.92. The fourth-order valence-corrected chi connectivity index (χ4v) is 5.37. The number of nitrogens with zero attached hydrogens (tertiary/aromatic N) is 2. The molecular formula is C29H33Cl2N3O5S. The molecular weight excluding hydrogens is 573 g/mol. The van der Waals surface area contributed by atoms with Gasteiger partial charge in [0.15, 0.2) is 0 Å². The molecule has 2 amide bonds. The third-order valence-corrected chi connectivity index (χ3v) is 7.94. The number of para-hydroxylation sites is 2. The fourth-order valence-electron chi connectivity index (χ4n) is 4.20. The number of rotatable bonds is 12. The van der Waals surface area contributed by atoms with E-state index >= 15 is 0 Å². The molecule has 1 N–H and O–H groups in total. The van der Waals surface area contributed by atoms with Crippen LogP contribution in [0, 0.1) is 0 Å². The molecule has 11 heteroatoms. The Balaban J connectivity index is 2.10. The molecule has 0 spiro atoms. The van der Waals surface area contributed by atoms with Gasteiger partial charge in [0, 0.05) is 19.0 Å². The Hall–Kier alpha value is -3.27. The van der Waals surface area contributed by atoms with Gasteiger partial charge in [-0.3, -0.25) is 13.9 Å². The molecule has 1 atom stereocenters. The van der Waals surface area contributed by atoms with Crippen LogP contribution >= 0.6 is 23.2 Å². The third-order valence-electron chi connectivity index (χ3n) is 6.07. The Bertz CT molecular complexity index is 1430. The predicted molar refractivity (Wildman–Crippen MR) is 159 cm³/mol. The molecule has 0 heterocycles. The van der Waals surface area contributed by atoms with E-state index in [0.29, 0.717) is 15.6 Å². The summed E-state index contributed by atoms with van der Waals surface area (Å²) in [5.74, 6) is -0.659. The Morgan fingerprint density at radius 1 is 0.925 bits per heavy atom. The summed E-state index contributed by atoms with van der Waals surface area (Å²) in [6.07, 6.45) is 1.23. The number of anilines is 1. The zero-order chi connectivity index (χ0) is 29.4. The van der Waals surface area contributed by atoms with Crippen molar-refractivity contribution in [1.82, 2.24) is 10.2 Å². The van der Waals surface area contributed by atoms with Gasteiger partial charge >= 0.3 is 0 Å². The largest absolute Gasteiger partial charge is 0.495 e. The fraction of sp³-hybridized carbons (Fsp3) is 0.310. The molecule has 0 radical (unpaired) electrons. The van der Waals surface area contributed by atoms with Crippen LogP contribution in [0.4, 0.5) is 5.69 Å². The molecule has 0 unspecified atom stereocenters. The molecule has 8 nitrogen and oxygen atoms in total. The van der Waals surface area contributed by atoms with Gasteiger partial charge in [0.1, 0.15) is 18.3 Å². The number of halogens is 2. The monoisotopic (exact) mass is 605 g/mol. The number of nitrogens with one attached hydrogen (secondary N) is 1. The van der Waals surface area contributed by atoms with E-state index in [1.165, 1.54) is 12.0 Å². The predicted octanol–water partition coefficient (Wildman–Crippen LogP) is 4.93. The van der Waals surface area contributed by atoms with Crippen molar-refractivity contribution in [3.63, 3.8) is 0 Å². The van der Waals surface area contributed by atoms with Crippen LogP contribution in [-0.4, -0.2) is 57.1 Å². The topological polar surface area (TPSA) is 96.0 Å². The molecule has 0 bridgehead atoms.